The van der Waals surface area contributed by atoms with Crippen LogP contribution in [0, 0.1) is 13.8 Å². The molecular weight excluding hydrogens is 595 g/mol. The number of nitrogens with one attached hydrogen (secondary N) is 1. The Labute approximate surface area is 273 Å². The Balaban J connectivity index is 1.57. The maximum absolute atomic E-state index is 14.7. The molecular formula is C38H43N3O4S. The summed E-state index contributed by atoms with van der Waals surface area (Å²) >= 11 is 0. The highest BCUT2D eigenvalue weighted by Crippen LogP contribution is 2.28. The van der Waals surface area contributed by atoms with Crippen molar-refractivity contribution in [3.63, 3.8) is 0 Å². The summed E-state index contributed by atoms with van der Waals surface area (Å²) in [5, 5.41) is 3.26. The summed E-state index contributed by atoms with van der Waals surface area (Å²) in [6.07, 6.45) is 5.39. The number of rotatable bonds is 12. The van der Waals surface area contributed by atoms with Gasteiger partial charge in [0.05, 0.1) is 10.6 Å². The van der Waals surface area contributed by atoms with Gasteiger partial charge in [-0.05, 0) is 67.1 Å². The average molecular weight is 638 g/mol. The molecule has 2 amide bonds. The standard InChI is InChI=1S/C38H43N3O4S/c1-29-16-12-14-20-32(29)27-40(36(26-31-18-6-3-7-19-31)38(43)39-33-21-8-4-9-22-33)37(42)28-41(35-25-15-13-17-30(35)2)46(44,45)34-23-10-5-11-24-34/h3,5-7,10-20,23-25,33,36H,4,8-9,21-22,26-28H2,1-2H3,(H,39,43)/t36-/m1/s1. The first-order valence-corrected chi connectivity index (χ1v) is 17.5. The summed E-state index contributed by atoms with van der Waals surface area (Å²) in [7, 11) is -4.13. The highest BCUT2D eigenvalue weighted by Gasteiger charge is 2.36. The van der Waals surface area contributed by atoms with Gasteiger partial charge in [-0.1, -0.05) is 110 Å². The molecule has 4 aromatic carbocycles. The van der Waals surface area contributed by atoms with Gasteiger partial charge in [0, 0.05) is 19.0 Å². The summed E-state index contributed by atoms with van der Waals surface area (Å²) in [6, 6.07) is 32.0. The Bertz CT molecular complexity index is 1720. The van der Waals surface area contributed by atoms with Crippen molar-refractivity contribution in [1.29, 1.82) is 0 Å². The van der Waals surface area contributed by atoms with E-state index in [0.717, 1.165) is 54.4 Å². The molecule has 1 aliphatic rings. The molecule has 0 aliphatic heterocycles. The van der Waals surface area contributed by atoms with Crippen molar-refractivity contribution in [2.45, 2.75) is 75.9 Å². The van der Waals surface area contributed by atoms with Crippen molar-refractivity contribution in [3.8, 4) is 0 Å². The van der Waals surface area contributed by atoms with E-state index in [2.05, 4.69) is 5.32 Å². The van der Waals surface area contributed by atoms with Gasteiger partial charge < -0.3 is 10.2 Å². The number of anilines is 1. The smallest absolute Gasteiger partial charge is 0.264 e. The van der Waals surface area contributed by atoms with Gasteiger partial charge in [0.15, 0.2) is 0 Å². The first kappa shape index (κ1) is 32.9. The molecule has 1 fully saturated rings. The lowest BCUT2D eigenvalue weighted by Gasteiger charge is -2.35. The molecule has 1 atom stereocenters. The second-order valence-corrected chi connectivity index (χ2v) is 14.0. The molecule has 0 radical (unpaired) electrons. The quantitative estimate of drug-likeness (QED) is 0.190. The van der Waals surface area contributed by atoms with E-state index in [0.29, 0.717) is 12.1 Å². The van der Waals surface area contributed by atoms with Crippen LogP contribution in [0.2, 0.25) is 0 Å². The van der Waals surface area contributed by atoms with E-state index in [1.165, 1.54) is 16.4 Å². The van der Waals surface area contributed by atoms with E-state index in [4.69, 9.17) is 0 Å². The molecule has 0 heterocycles. The molecule has 5 rings (SSSR count). The van der Waals surface area contributed by atoms with Crippen molar-refractivity contribution in [2.75, 3.05) is 10.8 Å². The number of aryl methyl sites for hydroxylation is 2. The third kappa shape index (κ3) is 8.04. The Morgan fingerprint density at radius 1 is 0.761 bits per heavy atom. The molecule has 8 heteroatoms. The SMILES string of the molecule is Cc1ccccc1CN(C(=O)CN(c1ccccc1C)S(=O)(=O)c1ccccc1)[C@H](Cc1ccccc1)C(=O)NC1CCCCC1. The number of carbonyl (C=O) groups excluding carboxylic acids is 2. The fourth-order valence-electron chi connectivity index (χ4n) is 6.15. The van der Waals surface area contributed by atoms with Crippen LogP contribution in [0.1, 0.15) is 54.4 Å². The van der Waals surface area contributed by atoms with E-state index >= 15 is 0 Å². The van der Waals surface area contributed by atoms with Gasteiger partial charge in [0.1, 0.15) is 12.6 Å². The molecule has 1 aliphatic carbocycles. The van der Waals surface area contributed by atoms with E-state index in [1.54, 1.807) is 35.2 Å². The fourth-order valence-corrected chi connectivity index (χ4v) is 7.65. The van der Waals surface area contributed by atoms with Crippen LogP contribution in [0.3, 0.4) is 0 Å². The van der Waals surface area contributed by atoms with Gasteiger partial charge >= 0.3 is 0 Å². The van der Waals surface area contributed by atoms with Crippen LogP contribution in [0.15, 0.2) is 114 Å². The molecule has 1 N–H and O–H groups in total. The molecule has 240 valence electrons. The lowest BCUT2D eigenvalue weighted by Crippen LogP contribution is -2.55. The minimum Gasteiger partial charge on any atom is -0.352 e. The highest BCUT2D eigenvalue weighted by molar-refractivity contribution is 7.92. The minimum atomic E-state index is -4.13. The van der Waals surface area contributed by atoms with Gasteiger partial charge in [-0.25, -0.2) is 8.42 Å². The lowest BCUT2D eigenvalue weighted by molar-refractivity contribution is -0.140. The zero-order valence-corrected chi connectivity index (χ0v) is 27.5. The predicted molar refractivity (Wildman–Crippen MR) is 183 cm³/mol. The third-order valence-corrected chi connectivity index (χ3v) is 10.6. The van der Waals surface area contributed by atoms with Crippen molar-refractivity contribution >= 4 is 27.5 Å². The van der Waals surface area contributed by atoms with Gasteiger partial charge in [-0.3, -0.25) is 13.9 Å². The van der Waals surface area contributed by atoms with Gasteiger partial charge in [0.25, 0.3) is 10.0 Å². The Kier molecular flexibility index (Phi) is 10.9. The van der Waals surface area contributed by atoms with Crippen LogP contribution >= 0.6 is 0 Å². The monoisotopic (exact) mass is 637 g/mol. The summed E-state index contributed by atoms with van der Waals surface area (Å²) < 4.78 is 29.6. The molecule has 0 spiro atoms. The summed E-state index contributed by atoms with van der Waals surface area (Å²) in [5.41, 5.74) is 3.94. The van der Waals surface area contributed by atoms with Crippen molar-refractivity contribution < 1.29 is 18.0 Å². The molecule has 0 bridgehead atoms. The zero-order chi connectivity index (χ0) is 32.5. The number of para-hydroxylation sites is 1. The van der Waals surface area contributed by atoms with Crippen molar-refractivity contribution in [1.82, 2.24) is 10.2 Å². The maximum Gasteiger partial charge on any atom is 0.264 e. The van der Waals surface area contributed by atoms with Crippen molar-refractivity contribution in [2.24, 2.45) is 0 Å². The van der Waals surface area contributed by atoms with E-state index in [9.17, 15) is 18.0 Å². The summed E-state index contributed by atoms with van der Waals surface area (Å²) in [6.45, 7) is 3.50. The highest BCUT2D eigenvalue weighted by atomic mass is 32.2. The summed E-state index contributed by atoms with van der Waals surface area (Å²) in [4.78, 5) is 30.6. The Morgan fingerprint density at radius 2 is 1.35 bits per heavy atom. The number of benzene rings is 4. The van der Waals surface area contributed by atoms with E-state index in [1.807, 2.05) is 80.6 Å². The Hall–Kier alpha value is -4.43. The zero-order valence-electron chi connectivity index (χ0n) is 26.6. The van der Waals surface area contributed by atoms with E-state index < -0.39 is 28.5 Å². The molecule has 0 unspecified atom stereocenters. The largest absolute Gasteiger partial charge is 0.352 e. The van der Waals surface area contributed by atoms with Gasteiger partial charge in [0.2, 0.25) is 11.8 Å². The molecule has 0 saturated heterocycles. The van der Waals surface area contributed by atoms with Crippen molar-refractivity contribution in [3.05, 3.63) is 131 Å². The molecule has 1 saturated carbocycles. The number of amides is 2. The molecule has 46 heavy (non-hydrogen) atoms. The molecule has 4 aromatic rings. The van der Waals surface area contributed by atoms with Crippen LogP contribution in [0.5, 0.6) is 0 Å². The average Bonchev–Trinajstić information content (AvgIpc) is 3.07. The number of carbonyl (C=O) groups is 2. The number of hydrogen-bond donors (Lipinski definition) is 1. The predicted octanol–water partition coefficient (Wildman–Crippen LogP) is 6.59. The number of nitrogens with zero attached hydrogens (tertiary/aromatic N) is 2. The van der Waals surface area contributed by atoms with Gasteiger partial charge in [-0.15, -0.1) is 0 Å². The van der Waals surface area contributed by atoms with Crippen LogP contribution in [0.25, 0.3) is 0 Å². The first-order chi connectivity index (χ1) is 22.2. The fraction of sp³-hybridized carbons (Fsp3) is 0.316. The second-order valence-electron chi connectivity index (χ2n) is 12.1. The number of hydrogen-bond acceptors (Lipinski definition) is 4. The Morgan fingerprint density at radius 3 is 2.00 bits per heavy atom. The third-order valence-electron chi connectivity index (χ3n) is 8.82. The minimum absolute atomic E-state index is 0.0527. The molecule has 7 nitrogen and oxygen atoms in total. The van der Waals surface area contributed by atoms with Crippen LogP contribution in [0.4, 0.5) is 5.69 Å². The van der Waals surface area contributed by atoms with Crippen LogP contribution in [-0.4, -0.2) is 43.8 Å². The second kappa shape index (κ2) is 15.2. The van der Waals surface area contributed by atoms with E-state index in [-0.39, 0.29) is 23.4 Å². The summed E-state index contributed by atoms with van der Waals surface area (Å²) in [5.74, 6) is -0.670. The normalized spacial score (nSPS) is 14.3. The van der Waals surface area contributed by atoms with Crippen LogP contribution in [-0.2, 0) is 32.6 Å². The van der Waals surface area contributed by atoms with Gasteiger partial charge in [-0.2, -0.15) is 0 Å². The maximum atomic E-state index is 14.7. The lowest BCUT2D eigenvalue weighted by atomic mass is 9.94. The molecule has 0 aromatic heterocycles. The first-order valence-electron chi connectivity index (χ1n) is 16.1. The number of sulfonamides is 1. The van der Waals surface area contributed by atoms with Crippen LogP contribution < -0.4 is 9.62 Å². The topological polar surface area (TPSA) is 86.8 Å².